The van der Waals surface area contributed by atoms with Crippen LogP contribution in [0.1, 0.15) is 26.3 Å². The Hall–Kier alpha value is -5.34. The molecule has 0 spiro atoms. The Morgan fingerprint density at radius 3 is 2.21 bits per heavy atom. The van der Waals surface area contributed by atoms with Gasteiger partial charge in [-0.1, -0.05) is 55.1 Å². The number of carbonyl (C=O) groups excluding carboxylic acids is 2. The number of nitriles is 2. The van der Waals surface area contributed by atoms with Crippen LogP contribution in [0.25, 0.3) is 27.9 Å². The van der Waals surface area contributed by atoms with Gasteiger partial charge in [0.15, 0.2) is 0 Å². The number of nitro groups is 1. The first-order valence-corrected chi connectivity index (χ1v) is 9.96. The van der Waals surface area contributed by atoms with Crippen molar-refractivity contribution < 1.29 is 14.5 Å². The lowest BCUT2D eigenvalue weighted by Gasteiger charge is -2.13. The number of benzene rings is 3. The van der Waals surface area contributed by atoms with E-state index in [4.69, 9.17) is 10.5 Å². The number of aromatic nitrogens is 1. The van der Waals surface area contributed by atoms with Crippen LogP contribution in [0.3, 0.4) is 0 Å². The number of nitro benzene ring substituents is 1. The Morgan fingerprint density at radius 1 is 0.882 bits per heavy atom. The summed E-state index contributed by atoms with van der Waals surface area (Å²) in [6.45, 7) is 3.83. The van der Waals surface area contributed by atoms with Crippen LogP contribution in [0.15, 0.2) is 78.4 Å². The maximum atomic E-state index is 12.0. The summed E-state index contributed by atoms with van der Waals surface area (Å²) >= 11 is 0. The molecule has 5 rings (SSSR count). The van der Waals surface area contributed by atoms with Gasteiger partial charge in [0.25, 0.3) is 5.69 Å². The van der Waals surface area contributed by atoms with Crippen LogP contribution in [0.2, 0.25) is 0 Å². The van der Waals surface area contributed by atoms with Crippen molar-refractivity contribution in [2.45, 2.75) is 0 Å². The van der Waals surface area contributed by atoms with Crippen molar-refractivity contribution in [3.63, 3.8) is 0 Å². The van der Waals surface area contributed by atoms with Gasteiger partial charge in [-0.25, -0.2) is 0 Å². The summed E-state index contributed by atoms with van der Waals surface area (Å²) in [6.07, 6.45) is 1.89. The van der Waals surface area contributed by atoms with Gasteiger partial charge in [0.05, 0.1) is 10.4 Å². The zero-order valence-electron chi connectivity index (χ0n) is 17.5. The molecule has 0 bridgehead atoms. The first-order valence-electron chi connectivity index (χ1n) is 9.96. The maximum absolute atomic E-state index is 12.0. The molecule has 0 unspecified atom stereocenters. The minimum Gasteiger partial charge on any atom is -0.354 e. The second-order valence-electron chi connectivity index (χ2n) is 7.23. The number of hydrogen-bond donors (Lipinski definition) is 1. The molecule has 162 valence electrons. The Labute approximate surface area is 192 Å². The number of carbonyl (C=O) groups is 2. The Bertz CT molecular complexity index is 1660. The molecule has 3 aromatic carbocycles. The topological polar surface area (TPSA) is 141 Å². The lowest BCUT2D eigenvalue weighted by molar-refractivity contribution is -0.385. The van der Waals surface area contributed by atoms with Gasteiger partial charge in [-0.05, 0) is 17.7 Å². The second kappa shape index (κ2) is 8.65. The fraction of sp³-hybridized carbons (Fsp3) is 0. The van der Waals surface area contributed by atoms with E-state index in [-0.39, 0.29) is 5.56 Å². The van der Waals surface area contributed by atoms with Crippen molar-refractivity contribution in [1.29, 1.82) is 10.5 Å². The molecule has 0 fully saturated rings. The summed E-state index contributed by atoms with van der Waals surface area (Å²) in [7, 11) is 0. The Morgan fingerprint density at radius 2 is 1.53 bits per heavy atom. The van der Waals surface area contributed by atoms with Gasteiger partial charge in [0.1, 0.15) is 28.8 Å². The number of rotatable bonds is 2. The molecule has 1 aliphatic carbocycles. The summed E-state index contributed by atoms with van der Waals surface area (Å²) in [5, 5.41) is 31.0. The van der Waals surface area contributed by atoms with E-state index in [1.807, 2.05) is 12.1 Å². The van der Waals surface area contributed by atoms with Crippen LogP contribution in [0.4, 0.5) is 5.69 Å². The number of H-pyrrole nitrogens is 1. The maximum Gasteiger partial charge on any atom is 0.281 e. The first-order chi connectivity index (χ1) is 16.4. The molecule has 0 atom stereocenters. The molecule has 0 saturated carbocycles. The third kappa shape index (κ3) is 3.42. The van der Waals surface area contributed by atoms with Crippen molar-refractivity contribution >= 4 is 45.1 Å². The van der Waals surface area contributed by atoms with E-state index in [2.05, 4.69) is 48.0 Å². The Kier molecular flexibility index (Phi) is 5.57. The quantitative estimate of drug-likeness (QED) is 0.328. The first kappa shape index (κ1) is 21.9. The number of allylic oxidation sites excluding steroid dienone is 2. The average Bonchev–Trinajstić information content (AvgIpc) is 3.24. The van der Waals surface area contributed by atoms with E-state index in [1.54, 1.807) is 0 Å². The highest BCUT2D eigenvalue weighted by molar-refractivity contribution is 6.31. The minimum atomic E-state index is -0.971. The third-order valence-corrected chi connectivity index (χ3v) is 5.43. The normalized spacial score (nSPS) is 12.4. The zero-order chi connectivity index (χ0) is 24.4. The van der Waals surface area contributed by atoms with Crippen LogP contribution >= 0.6 is 0 Å². The lowest BCUT2D eigenvalue weighted by atomic mass is 9.84. The SMILES string of the molecule is C=Cc1cccc2c1[nH]c1ccccc12.N#CC1=C(C#N)C(=O)c2c(cccc2[N+](=O)[O-])C1=O. The van der Waals surface area contributed by atoms with Gasteiger partial charge in [0.2, 0.25) is 11.6 Å². The van der Waals surface area contributed by atoms with Crippen molar-refractivity contribution in [2.24, 2.45) is 0 Å². The van der Waals surface area contributed by atoms with Gasteiger partial charge >= 0.3 is 0 Å². The molecule has 8 nitrogen and oxygen atoms in total. The number of ketones is 2. The smallest absolute Gasteiger partial charge is 0.281 e. The van der Waals surface area contributed by atoms with Gasteiger partial charge in [-0.15, -0.1) is 0 Å². The monoisotopic (exact) mass is 446 g/mol. The van der Waals surface area contributed by atoms with Gasteiger partial charge < -0.3 is 4.98 Å². The highest BCUT2D eigenvalue weighted by Gasteiger charge is 2.37. The Balaban J connectivity index is 0.000000165. The van der Waals surface area contributed by atoms with Gasteiger partial charge in [-0.3, -0.25) is 19.7 Å². The average molecular weight is 446 g/mol. The molecular weight excluding hydrogens is 432 g/mol. The number of Topliss-reactive ketones (excluding diaryl/α,β-unsaturated/α-hetero) is 2. The number of fused-ring (bicyclic) bond motifs is 4. The van der Waals surface area contributed by atoms with Crippen molar-refractivity contribution in [3.8, 4) is 12.1 Å². The highest BCUT2D eigenvalue weighted by atomic mass is 16.6. The molecule has 0 aliphatic heterocycles. The fourth-order valence-electron chi connectivity index (χ4n) is 3.89. The van der Waals surface area contributed by atoms with E-state index in [0.29, 0.717) is 0 Å². The van der Waals surface area contributed by atoms with Crippen molar-refractivity contribution in [2.75, 3.05) is 0 Å². The number of aromatic amines is 1. The van der Waals surface area contributed by atoms with Gasteiger partial charge in [0, 0.05) is 27.9 Å². The molecule has 34 heavy (non-hydrogen) atoms. The molecule has 4 aromatic rings. The van der Waals surface area contributed by atoms with Crippen LogP contribution in [0.5, 0.6) is 0 Å². The van der Waals surface area contributed by atoms with Crippen LogP contribution in [-0.2, 0) is 0 Å². The molecule has 1 N–H and O–H groups in total. The van der Waals surface area contributed by atoms with Crippen molar-refractivity contribution in [1.82, 2.24) is 4.98 Å². The molecule has 8 heteroatoms. The second-order valence-corrected chi connectivity index (χ2v) is 7.23. The highest BCUT2D eigenvalue weighted by Crippen LogP contribution is 2.32. The molecular formula is C26H14N4O4. The molecule has 0 saturated heterocycles. The predicted molar refractivity (Wildman–Crippen MR) is 126 cm³/mol. The number of nitrogens with zero attached hydrogens (tertiary/aromatic N) is 3. The van der Waals surface area contributed by atoms with E-state index in [0.717, 1.165) is 11.6 Å². The van der Waals surface area contributed by atoms with E-state index < -0.39 is 38.9 Å². The van der Waals surface area contributed by atoms with E-state index >= 15 is 0 Å². The van der Waals surface area contributed by atoms with Gasteiger partial charge in [-0.2, -0.15) is 10.5 Å². The summed E-state index contributed by atoms with van der Waals surface area (Å²) in [6, 6.07) is 21.1. The zero-order valence-corrected chi connectivity index (χ0v) is 17.5. The van der Waals surface area contributed by atoms with Crippen molar-refractivity contribution in [3.05, 3.63) is 105 Å². The largest absolute Gasteiger partial charge is 0.354 e. The summed E-state index contributed by atoms with van der Waals surface area (Å²) < 4.78 is 0. The van der Waals surface area contributed by atoms with E-state index in [9.17, 15) is 19.7 Å². The lowest BCUT2D eigenvalue weighted by Crippen LogP contribution is -2.22. The predicted octanol–water partition coefficient (Wildman–Crippen LogP) is 5.28. The summed E-state index contributed by atoms with van der Waals surface area (Å²) in [5.74, 6) is -1.82. The molecule has 0 amide bonds. The molecule has 1 aliphatic rings. The molecule has 0 radical (unpaired) electrons. The summed E-state index contributed by atoms with van der Waals surface area (Å²) in [4.78, 5) is 37.4. The third-order valence-electron chi connectivity index (χ3n) is 5.43. The minimum absolute atomic E-state index is 0.227. The standard InChI is InChI=1S/C14H11N.C12H3N3O4/c1-2-10-6-5-8-12-11-7-3-4-9-13(11)15-14(10)12;13-4-7-8(5-14)12(17)10-6(11(7)16)2-1-3-9(10)15(18)19/h2-9,15H,1H2;1-3H. The van der Waals surface area contributed by atoms with E-state index in [1.165, 1.54) is 46.1 Å². The number of para-hydroxylation sites is 2. The van der Waals surface area contributed by atoms with Crippen LogP contribution < -0.4 is 0 Å². The molecule has 1 heterocycles. The fourth-order valence-corrected chi connectivity index (χ4v) is 3.89. The van der Waals surface area contributed by atoms with Crippen LogP contribution in [0, 0.1) is 32.8 Å². The van der Waals surface area contributed by atoms with Crippen LogP contribution in [-0.4, -0.2) is 21.5 Å². The molecule has 1 aromatic heterocycles. The number of nitrogens with one attached hydrogen (secondary N) is 1. The summed E-state index contributed by atoms with van der Waals surface area (Å²) in [5.41, 5.74) is 1.05. The number of hydrogen-bond acceptors (Lipinski definition) is 6.